The summed E-state index contributed by atoms with van der Waals surface area (Å²) in [6.07, 6.45) is 3.47. The number of nitrogens with one attached hydrogen (secondary N) is 1. The second-order valence-corrected chi connectivity index (χ2v) is 11.0. The van der Waals surface area contributed by atoms with E-state index in [1.165, 1.54) is 7.11 Å². The highest BCUT2D eigenvalue weighted by Gasteiger charge is 2.41. The molecule has 2 aliphatic rings. The van der Waals surface area contributed by atoms with E-state index in [9.17, 15) is 14.4 Å². The van der Waals surface area contributed by atoms with Crippen molar-refractivity contribution in [1.29, 1.82) is 0 Å². The molecular weight excluding hydrogens is 488 g/mol. The lowest BCUT2D eigenvalue weighted by Crippen LogP contribution is -2.52. The maximum Gasteiger partial charge on any atom is 0.414 e. The number of aromatic nitrogens is 1. The molecule has 2 saturated heterocycles. The third kappa shape index (κ3) is 5.02. The quantitative estimate of drug-likeness (QED) is 0.489. The average molecular weight is 523 g/mol. The Hall–Kier alpha value is -3.17. The van der Waals surface area contributed by atoms with Crippen molar-refractivity contribution in [3.8, 4) is 0 Å². The van der Waals surface area contributed by atoms with Crippen molar-refractivity contribution in [2.45, 2.75) is 63.7 Å². The first-order valence-corrected chi connectivity index (χ1v) is 13.9. The van der Waals surface area contributed by atoms with Gasteiger partial charge in [-0.1, -0.05) is 18.2 Å². The van der Waals surface area contributed by atoms with Crippen molar-refractivity contribution in [3.63, 3.8) is 0 Å². The van der Waals surface area contributed by atoms with Gasteiger partial charge < -0.3 is 14.6 Å². The van der Waals surface area contributed by atoms with Crippen LogP contribution < -0.4 is 15.8 Å². The summed E-state index contributed by atoms with van der Waals surface area (Å²) in [5, 5.41) is 7.97. The summed E-state index contributed by atoms with van der Waals surface area (Å²) in [6.45, 7) is 5.23. The van der Waals surface area contributed by atoms with Gasteiger partial charge in [0.15, 0.2) is 0 Å². The molecule has 9 heteroatoms. The zero-order valence-electron chi connectivity index (χ0n) is 21.6. The minimum absolute atomic E-state index is 0.0215. The van der Waals surface area contributed by atoms with Crippen molar-refractivity contribution in [3.05, 3.63) is 63.1 Å². The highest BCUT2D eigenvalue weighted by molar-refractivity contribution is 7.08. The topological polar surface area (TPSA) is 83.9 Å². The molecule has 0 radical (unpaired) electrons. The molecule has 5 rings (SSSR count). The minimum Gasteiger partial charge on any atom is -0.452 e. The van der Waals surface area contributed by atoms with E-state index in [-0.39, 0.29) is 35.2 Å². The first kappa shape index (κ1) is 25.5. The van der Waals surface area contributed by atoms with E-state index in [1.54, 1.807) is 26.9 Å². The van der Waals surface area contributed by atoms with Gasteiger partial charge in [-0.3, -0.25) is 19.4 Å². The molecule has 3 aromatic rings. The fourth-order valence-corrected chi connectivity index (χ4v) is 6.69. The van der Waals surface area contributed by atoms with E-state index in [4.69, 9.17) is 4.74 Å². The minimum atomic E-state index is -0.352. The summed E-state index contributed by atoms with van der Waals surface area (Å²) >= 11 is 1.55. The Morgan fingerprint density at radius 3 is 2.54 bits per heavy atom. The maximum atomic E-state index is 13.3. The monoisotopic (exact) mass is 522 g/mol. The van der Waals surface area contributed by atoms with E-state index in [1.807, 2.05) is 54.9 Å². The van der Waals surface area contributed by atoms with Gasteiger partial charge >= 0.3 is 6.09 Å². The number of carbonyl (C=O) groups excluding carboxylic acids is 2. The first-order chi connectivity index (χ1) is 17.9. The zero-order chi connectivity index (χ0) is 26.1. The Labute approximate surface area is 220 Å². The van der Waals surface area contributed by atoms with Gasteiger partial charge in [-0.2, -0.15) is 11.3 Å². The van der Waals surface area contributed by atoms with Crippen LogP contribution in [0.5, 0.6) is 0 Å². The molecule has 0 saturated carbocycles. The summed E-state index contributed by atoms with van der Waals surface area (Å²) in [4.78, 5) is 43.1. The van der Waals surface area contributed by atoms with E-state index >= 15 is 0 Å². The molecular formula is C28H34N4O4S. The van der Waals surface area contributed by atoms with E-state index in [2.05, 4.69) is 10.2 Å². The average Bonchev–Trinajstić information content (AvgIpc) is 3.49. The fourth-order valence-electron chi connectivity index (χ4n) is 6.04. The molecule has 196 valence electrons. The molecule has 1 N–H and O–H groups in total. The first-order valence-electron chi connectivity index (χ1n) is 13.0. The van der Waals surface area contributed by atoms with Crippen LogP contribution in [-0.2, 0) is 4.74 Å². The van der Waals surface area contributed by atoms with Gasteiger partial charge in [0.2, 0.25) is 0 Å². The molecule has 2 amide bonds. The number of anilines is 1. The number of nitrogens with zero attached hydrogens (tertiary/aromatic N) is 3. The van der Waals surface area contributed by atoms with Crippen LogP contribution in [0.1, 0.15) is 55.9 Å². The van der Waals surface area contributed by atoms with Gasteiger partial charge in [0.25, 0.3) is 11.5 Å². The summed E-state index contributed by atoms with van der Waals surface area (Å²) in [5.74, 6) is -0.294. The number of rotatable bonds is 7. The van der Waals surface area contributed by atoms with Crippen LogP contribution in [0, 0.1) is 0 Å². The Morgan fingerprint density at radius 1 is 1.16 bits per heavy atom. The molecule has 0 unspecified atom stereocenters. The molecule has 2 aromatic heterocycles. The second-order valence-electron chi connectivity index (χ2n) is 10.3. The van der Waals surface area contributed by atoms with Gasteiger partial charge in [-0.25, -0.2) is 4.79 Å². The molecule has 2 aliphatic heterocycles. The number of pyridine rings is 1. The number of para-hydroxylation sites is 1. The number of hydrogen-bond acceptors (Lipinski definition) is 6. The molecule has 3 atom stereocenters. The molecule has 2 bridgehead atoms. The number of carbonyl (C=O) groups is 2. The van der Waals surface area contributed by atoms with Crippen LogP contribution in [-0.4, -0.2) is 59.8 Å². The number of piperidine rings is 1. The van der Waals surface area contributed by atoms with Crippen LogP contribution in [0.4, 0.5) is 10.5 Å². The van der Waals surface area contributed by atoms with Crippen LogP contribution in [0.25, 0.3) is 10.9 Å². The number of fused-ring (bicyclic) bond motifs is 3. The van der Waals surface area contributed by atoms with Crippen LogP contribution in [0.15, 0.2) is 52.0 Å². The third-order valence-electron chi connectivity index (χ3n) is 7.72. The SMILES string of the molecule is COC(=O)N(CCN1[C@@H]2CC[C@H]1C[C@H](NC(=O)c1cc3ccccc3n(C(C)C)c1=O)C2)c1ccsc1. The number of amides is 2. The zero-order valence-corrected chi connectivity index (χ0v) is 22.4. The lowest BCUT2D eigenvalue weighted by atomic mass is 9.96. The van der Waals surface area contributed by atoms with Gasteiger partial charge in [-0.05, 0) is 68.5 Å². The van der Waals surface area contributed by atoms with Crippen molar-refractivity contribution in [2.24, 2.45) is 0 Å². The van der Waals surface area contributed by atoms with Gasteiger partial charge in [0.1, 0.15) is 5.56 Å². The Kier molecular flexibility index (Phi) is 7.35. The Balaban J connectivity index is 1.27. The van der Waals surface area contributed by atoms with E-state index in [0.717, 1.165) is 48.8 Å². The van der Waals surface area contributed by atoms with Crippen molar-refractivity contribution in [2.75, 3.05) is 25.1 Å². The largest absolute Gasteiger partial charge is 0.452 e. The van der Waals surface area contributed by atoms with Crippen molar-refractivity contribution < 1.29 is 14.3 Å². The third-order valence-corrected chi connectivity index (χ3v) is 8.39. The van der Waals surface area contributed by atoms with Gasteiger partial charge in [-0.15, -0.1) is 0 Å². The predicted octanol–water partition coefficient (Wildman–Crippen LogP) is 4.64. The summed E-state index contributed by atoms with van der Waals surface area (Å²) in [7, 11) is 1.41. The lowest BCUT2D eigenvalue weighted by Gasteiger charge is -2.40. The summed E-state index contributed by atoms with van der Waals surface area (Å²) in [5.41, 5.74) is 1.65. The Bertz CT molecular complexity index is 1320. The Morgan fingerprint density at radius 2 is 1.89 bits per heavy atom. The highest BCUT2D eigenvalue weighted by atomic mass is 32.1. The lowest BCUT2D eigenvalue weighted by molar-refractivity contribution is 0.0847. The number of methoxy groups -OCH3 is 1. The van der Waals surface area contributed by atoms with Crippen molar-refractivity contribution in [1.82, 2.24) is 14.8 Å². The summed E-state index contributed by atoms with van der Waals surface area (Å²) in [6, 6.07) is 12.0. The molecule has 2 fully saturated rings. The van der Waals surface area contributed by atoms with Crippen LogP contribution in [0.2, 0.25) is 0 Å². The standard InChI is InChI=1S/C28H34N4O4S/c1-18(2)32-25-7-5-4-6-19(25)14-24(27(32)34)26(33)29-20-15-21-8-9-22(16-20)30(21)11-12-31(28(35)36-3)23-10-13-37-17-23/h4-7,10,13-14,17-18,20-22H,8-9,11-12,15-16H2,1-3H3,(H,29,33)/t20-,21-,22+. The van der Waals surface area contributed by atoms with E-state index in [0.29, 0.717) is 18.6 Å². The van der Waals surface area contributed by atoms with Crippen molar-refractivity contribution >= 4 is 39.9 Å². The second kappa shape index (κ2) is 10.7. The summed E-state index contributed by atoms with van der Waals surface area (Å²) < 4.78 is 6.71. The molecule has 8 nitrogen and oxygen atoms in total. The van der Waals surface area contributed by atoms with Crippen LogP contribution >= 0.6 is 11.3 Å². The molecule has 0 aliphatic carbocycles. The number of benzene rings is 1. The molecule has 4 heterocycles. The molecule has 1 aromatic carbocycles. The fraction of sp³-hybridized carbons (Fsp3) is 0.464. The highest BCUT2D eigenvalue weighted by Crippen LogP contribution is 2.36. The number of hydrogen-bond donors (Lipinski definition) is 1. The maximum absolute atomic E-state index is 13.3. The smallest absolute Gasteiger partial charge is 0.414 e. The van der Waals surface area contributed by atoms with Crippen LogP contribution in [0.3, 0.4) is 0 Å². The normalized spacial score (nSPS) is 21.4. The molecule has 37 heavy (non-hydrogen) atoms. The van der Waals surface area contributed by atoms with Gasteiger partial charge in [0.05, 0.1) is 18.3 Å². The van der Waals surface area contributed by atoms with Gasteiger partial charge in [0, 0.05) is 42.6 Å². The molecule has 0 spiro atoms. The number of thiophene rings is 1. The number of ether oxygens (including phenoxy) is 1. The predicted molar refractivity (Wildman–Crippen MR) is 147 cm³/mol. The van der Waals surface area contributed by atoms with E-state index < -0.39 is 0 Å².